The number of alkyl halides is 3. The molecular weight excluding hydrogens is 393 g/mol. The molecule has 0 bridgehead atoms. The minimum absolute atomic E-state index is 0.00374. The molecule has 0 saturated heterocycles. The SMILES string of the molecule is C[C@H](CO)[C@H]1CC[C@H]2[C@H]3CCC[C@@H]4C[C@](O)(C(F)(F)F)CC[C@]4(C)[C@H]3C(O)C[C@]12C. The molecule has 0 aromatic carbocycles. The molecule has 3 nitrogen and oxygen atoms in total. The van der Waals surface area contributed by atoms with Gasteiger partial charge in [-0.3, -0.25) is 0 Å². The molecule has 1 unspecified atom stereocenters. The predicted octanol–water partition coefficient (Wildman–Crippen LogP) is 4.93. The van der Waals surface area contributed by atoms with Gasteiger partial charge >= 0.3 is 6.18 Å². The van der Waals surface area contributed by atoms with Crippen LogP contribution < -0.4 is 0 Å². The van der Waals surface area contributed by atoms with Crippen molar-refractivity contribution >= 4 is 0 Å². The number of aliphatic hydroxyl groups is 3. The summed E-state index contributed by atoms with van der Waals surface area (Å²) in [7, 11) is 0. The van der Waals surface area contributed by atoms with E-state index < -0.39 is 17.9 Å². The molecule has 0 amide bonds. The van der Waals surface area contributed by atoms with E-state index in [0.717, 1.165) is 25.7 Å². The third-order valence-corrected chi connectivity index (χ3v) is 10.5. The topological polar surface area (TPSA) is 60.7 Å². The maximum absolute atomic E-state index is 13.6. The van der Waals surface area contributed by atoms with Gasteiger partial charge in [-0.2, -0.15) is 13.2 Å². The molecule has 0 radical (unpaired) electrons. The zero-order valence-corrected chi connectivity index (χ0v) is 18.6. The van der Waals surface area contributed by atoms with Crippen LogP contribution in [0, 0.1) is 46.3 Å². The summed E-state index contributed by atoms with van der Waals surface area (Å²) in [6, 6.07) is 0. The molecule has 10 atom stereocenters. The highest BCUT2D eigenvalue weighted by Crippen LogP contribution is 2.68. The van der Waals surface area contributed by atoms with Crippen LogP contribution in [0.25, 0.3) is 0 Å². The number of fused-ring (bicyclic) bond motifs is 5. The Morgan fingerprint density at radius 3 is 2.33 bits per heavy atom. The number of aliphatic hydroxyl groups excluding tert-OH is 2. The molecule has 3 N–H and O–H groups in total. The van der Waals surface area contributed by atoms with E-state index in [1.807, 2.05) is 0 Å². The van der Waals surface area contributed by atoms with Gasteiger partial charge < -0.3 is 15.3 Å². The van der Waals surface area contributed by atoms with Crippen LogP contribution in [-0.2, 0) is 0 Å². The fourth-order valence-electron chi connectivity index (χ4n) is 8.93. The first kappa shape index (κ1) is 22.8. The van der Waals surface area contributed by atoms with Crippen molar-refractivity contribution in [3.63, 3.8) is 0 Å². The average Bonchev–Trinajstić information content (AvgIpc) is 2.91. The van der Waals surface area contributed by atoms with Crippen molar-refractivity contribution in [2.45, 2.75) is 96.4 Å². The Labute approximate surface area is 178 Å². The van der Waals surface area contributed by atoms with Gasteiger partial charge in [-0.15, -0.1) is 0 Å². The van der Waals surface area contributed by atoms with Gasteiger partial charge in [0.2, 0.25) is 0 Å². The summed E-state index contributed by atoms with van der Waals surface area (Å²) in [5, 5.41) is 31.7. The largest absolute Gasteiger partial charge is 0.417 e. The maximum atomic E-state index is 13.6. The average molecular weight is 433 g/mol. The van der Waals surface area contributed by atoms with Gasteiger partial charge in [-0.05, 0) is 97.7 Å². The Morgan fingerprint density at radius 2 is 1.70 bits per heavy atom. The highest BCUT2D eigenvalue weighted by molar-refractivity contribution is 5.12. The number of hydrogen-bond acceptors (Lipinski definition) is 3. The third kappa shape index (κ3) is 3.18. The summed E-state index contributed by atoms with van der Waals surface area (Å²) in [6.45, 7) is 6.65. The van der Waals surface area contributed by atoms with E-state index in [9.17, 15) is 28.5 Å². The van der Waals surface area contributed by atoms with Gasteiger partial charge in [0.05, 0.1) is 6.10 Å². The molecule has 30 heavy (non-hydrogen) atoms. The Hall–Kier alpha value is -0.330. The lowest BCUT2D eigenvalue weighted by Crippen LogP contribution is -2.59. The fourth-order valence-corrected chi connectivity index (χ4v) is 8.93. The van der Waals surface area contributed by atoms with Crippen molar-refractivity contribution in [2.24, 2.45) is 46.3 Å². The predicted molar refractivity (Wildman–Crippen MR) is 108 cm³/mol. The van der Waals surface area contributed by atoms with E-state index in [-0.39, 0.29) is 48.0 Å². The lowest BCUT2D eigenvalue weighted by atomic mass is 9.47. The molecule has 4 fully saturated rings. The van der Waals surface area contributed by atoms with E-state index in [1.165, 1.54) is 0 Å². The van der Waals surface area contributed by atoms with E-state index in [1.54, 1.807) is 0 Å². The number of hydrogen-bond donors (Lipinski definition) is 3. The van der Waals surface area contributed by atoms with Crippen LogP contribution in [0.1, 0.15) is 78.6 Å². The Morgan fingerprint density at radius 1 is 1.00 bits per heavy atom. The van der Waals surface area contributed by atoms with Crippen molar-refractivity contribution in [1.82, 2.24) is 0 Å². The molecule has 0 aromatic heterocycles. The zero-order valence-electron chi connectivity index (χ0n) is 18.6. The van der Waals surface area contributed by atoms with Crippen molar-refractivity contribution in [2.75, 3.05) is 6.61 Å². The van der Waals surface area contributed by atoms with Crippen molar-refractivity contribution in [3.8, 4) is 0 Å². The number of halogens is 3. The molecule has 174 valence electrons. The molecule has 0 heterocycles. The van der Waals surface area contributed by atoms with Crippen molar-refractivity contribution < 1.29 is 28.5 Å². The summed E-state index contributed by atoms with van der Waals surface area (Å²) in [4.78, 5) is 0. The van der Waals surface area contributed by atoms with Crippen LogP contribution in [0.4, 0.5) is 13.2 Å². The van der Waals surface area contributed by atoms with E-state index in [0.29, 0.717) is 37.0 Å². The molecule has 0 aromatic rings. The maximum Gasteiger partial charge on any atom is 0.417 e. The highest BCUT2D eigenvalue weighted by Gasteiger charge is 2.66. The first-order valence-corrected chi connectivity index (χ1v) is 12.0. The van der Waals surface area contributed by atoms with Crippen LogP contribution in [-0.4, -0.2) is 39.8 Å². The standard InChI is InChI=1S/C24H39F3O3/c1-14(13-28)17-7-8-18-16-6-4-5-15-11-23(30,24(25,26)27)10-9-21(15,2)20(16)19(29)12-22(17,18)3/h14-20,28-30H,4-13H2,1-3H3/t14-,15-,16-,17-,18+,19?,20-,21+,22-,23+/m1/s1. The fraction of sp³-hybridized carbons (Fsp3) is 1.00. The second-order valence-corrected chi connectivity index (χ2v) is 11.8. The smallest absolute Gasteiger partial charge is 0.396 e. The van der Waals surface area contributed by atoms with Gasteiger partial charge in [0.15, 0.2) is 5.60 Å². The second kappa shape index (κ2) is 7.34. The second-order valence-electron chi connectivity index (χ2n) is 11.8. The summed E-state index contributed by atoms with van der Waals surface area (Å²) in [5.74, 6) is 1.17. The monoisotopic (exact) mass is 432 g/mol. The van der Waals surface area contributed by atoms with Crippen LogP contribution in [0.15, 0.2) is 0 Å². The molecule has 0 spiro atoms. The van der Waals surface area contributed by atoms with Gasteiger partial charge in [0.25, 0.3) is 0 Å². The molecule has 4 saturated carbocycles. The lowest BCUT2D eigenvalue weighted by Gasteiger charge is -2.59. The van der Waals surface area contributed by atoms with Crippen LogP contribution in [0.3, 0.4) is 0 Å². The molecular formula is C24H39F3O3. The van der Waals surface area contributed by atoms with Gasteiger partial charge in [-0.1, -0.05) is 27.2 Å². The van der Waals surface area contributed by atoms with Crippen LogP contribution >= 0.6 is 0 Å². The quantitative estimate of drug-likeness (QED) is 0.580. The Balaban J connectivity index is 1.65. The summed E-state index contributed by atoms with van der Waals surface area (Å²) in [6.07, 6.45) is 0.0849. The van der Waals surface area contributed by atoms with E-state index in [2.05, 4.69) is 20.8 Å². The third-order valence-electron chi connectivity index (χ3n) is 10.5. The first-order chi connectivity index (χ1) is 13.9. The normalized spacial score (nSPS) is 52.7. The minimum Gasteiger partial charge on any atom is -0.396 e. The molecule has 4 aliphatic rings. The Bertz CT molecular complexity index is 654. The molecule has 6 heteroatoms. The van der Waals surface area contributed by atoms with Crippen LogP contribution in [0.2, 0.25) is 0 Å². The highest BCUT2D eigenvalue weighted by atomic mass is 19.4. The summed E-state index contributed by atoms with van der Waals surface area (Å²) < 4.78 is 40.7. The lowest BCUT2D eigenvalue weighted by molar-refractivity contribution is -0.287. The van der Waals surface area contributed by atoms with E-state index in [4.69, 9.17) is 0 Å². The molecule has 0 aliphatic heterocycles. The Kier molecular flexibility index (Phi) is 5.59. The minimum atomic E-state index is -4.59. The number of rotatable bonds is 2. The molecule has 4 aliphatic carbocycles. The first-order valence-electron chi connectivity index (χ1n) is 12.0. The van der Waals surface area contributed by atoms with Crippen molar-refractivity contribution in [3.05, 3.63) is 0 Å². The molecule has 4 rings (SSSR count). The van der Waals surface area contributed by atoms with Gasteiger partial charge in [0.1, 0.15) is 0 Å². The zero-order chi connectivity index (χ0) is 22.1. The summed E-state index contributed by atoms with van der Waals surface area (Å²) in [5.41, 5.74) is -2.96. The summed E-state index contributed by atoms with van der Waals surface area (Å²) >= 11 is 0. The van der Waals surface area contributed by atoms with Crippen LogP contribution in [0.5, 0.6) is 0 Å². The van der Waals surface area contributed by atoms with Gasteiger partial charge in [-0.25, -0.2) is 0 Å². The van der Waals surface area contributed by atoms with E-state index >= 15 is 0 Å². The van der Waals surface area contributed by atoms with Gasteiger partial charge in [0, 0.05) is 6.61 Å². The van der Waals surface area contributed by atoms with Crippen molar-refractivity contribution in [1.29, 1.82) is 0 Å².